The van der Waals surface area contributed by atoms with E-state index in [0.717, 1.165) is 4.90 Å². The number of aliphatic carboxylic acids is 1. The molecule has 188 valence electrons. The van der Waals surface area contributed by atoms with Crippen LogP contribution in [-0.4, -0.2) is 68.1 Å². The minimum absolute atomic E-state index is 0.0268. The smallest absolute Gasteiger partial charge is 0.410 e. The van der Waals surface area contributed by atoms with Crippen LogP contribution in [0.5, 0.6) is 0 Å². The van der Waals surface area contributed by atoms with Crippen LogP contribution >= 0.6 is 0 Å². The predicted molar refractivity (Wildman–Crippen MR) is 125 cm³/mol. The monoisotopic (exact) mass is 486 g/mol. The molecule has 2 heterocycles. The van der Waals surface area contributed by atoms with Crippen LogP contribution in [0.2, 0.25) is 0 Å². The van der Waals surface area contributed by atoms with Crippen molar-refractivity contribution in [1.82, 2.24) is 19.8 Å². The number of ether oxygens (including phenoxy) is 1. The molecule has 2 aromatic rings. The SMILES string of the molecule is Cc1nc(C2CCN(C(=O)OC(C)(C)C)CC2)ncc1C(=O)N(CC(=O)O)Cc1cccc(F)c1. The first-order valence-corrected chi connectivity index (χ1v) is 11.5. The number of hydrogen-bond donors (Lipinski definition) is 1. The molecule has 1 N–H and O–H groups in total. The summed E-state index contributed by atoms with van der Waals surface area (Å²) >= 11 is 0. The minimum atomic E-state index is -1.18. The fourth-order valence-electron chi connectivity index (χ4n) is 3.93. The van der Waals surface area contributed by atoms with Crippen molar-refractivity contribution >= 4 is 18.0 Å². The summed E-state index contributed by atoms with van der Waals surface area (Å²) in [5, 5.41) is 9.28. The number of benzene rings is 1. The van der Waals surface area contributed by atoms with Crippen LogP contribution in [0.25, 0.3) is 0 Å². The molecule has 1 aromatic carbocycles. The molecular formula is C25H31FN4O5. The molecule has 35 heavy (non-hydrogen) atoms. The number of hydrogen-bond acceptors (Lipinski definition) is 6. The van der Waals surface area contributed by atoms with Crippen LogP contribution in [0.1, 0.15) is 67.0 Å². The van der Waals surface area contributed by atoms with Crippen molar-refractivity contribution in [2.24, 2.45) is 0 Å². The fourth-order valence-corrected chi connectivity index (χ4v) is 3.93. The number of nitrogens with zero attached hydrogens (tertiary/aromatic N) is 4. The lowest BCUT2D eigenvalue weighted by molar-refractivity contribution is -0.137. The first-order chi connectivity index (χ1) is 16.4. The molecule has 0 radical (unpaired) electrons. The Morgan fingerprint density at radius 1 is 1.23 bits per heavy atom. The van der Waals surface area contributed by atoms with Crippen LogP contribution in [0.15, 0.2) is 30.5 Å². The van der Waals surface area contributed by atoms with E-state index < -0.39 is 29.8 Å². The second-order valence-electron chi connectivity index (χ2n) is 9.65. The van der Waals surface area contributed by atoms with E-state index in [4.69, 9.17) is 4.74 Å². The first-order valence-electron chi connectivity index (χ1n) is 11.5. The summed E-state index contributed by atoms with van der Waals surface area (Å²) in [7, 11) is 0. The average molecular weight is 487 g/mol. The Balaban J connectivity index is 1.70. The van der Waals surface area contributed by atoms with Gasteiger partial charge in [-0.1, -0.05) is 12.1 Å². The lowest BCUT2D eigenvalue weighted by atomic mass is 9.96. The van der Waals surface area contributed by atoms with Gasteiger partial charge in [-0.3, -0.25) is 9.59 Å². The van der Waals surface area contributed by atoms with Gasteiger partial charge in [-0.15, -0.1) is 0 Å². The Hall–Kier alpha value is -3.56. The molecule has 1 fully saturated rings. The molecule has 0 bridgehead atoms. The highest BCUT2D eigenvalue weighted by molar-refractivity contribution is 5.96. The standard InChI is InChI=1S/C25H31FN4O5/c1-16-20(23(33)30(15-21(31)32)14-17-6-5-7-19(26)12-17)13-27-22(28-16)18-8-10-29(11-9-18)24(34)35-25(2,3)4/h5-7,12-13,18H,8-11,14-15H2,1-4H3,(H,31,32). The van der Waals surface area contributed by atoms with E-state index in [1.807, 2.05) is 20.8 Å². The molecule has 0 unspecified atom stereocenters. The van der Waals surface area contributed by atoms with Gasteiger partial charge in [0.15, 0.2) is 0 Å². The van der Waals surface area contributed by atoms with Crippen LogP contribution in [0, 0.1) is 12.7 Å². The number of carboxylic acids is 1. The molecule has 10 heteroatoms. The van der Waals surface area contributed by atoms with Crippen molar-refractivity contribution in [1.29, 1.82) is 0 Å². The number of carbonyl (C=O) groups is 3. The summed E-state index contributed by atoms with van der Waals surface area (Å²) in [6.45, 7) is 7.58. The molecule has 0 aliphatic carbocycles. The minimum Gasteiger partial charge on any atom is -0.480 e. The highest BCUT2D eigenvalue weighted by Gasteiger charge is 2.29. The highest BCUT2D eigenvalue weighted by Crippen LogP contribution is 2.27. The van der Waals surface area contributed by atoms with E-state index in [1.54, 1.807) is 17.9 Å². The van der Waals surface area contributed by atoms with E-state index in [2.05, 4.69) is 9.97 Å². The summed E-state index contributed by atoms with van der Waals surface area (Å²) in [4.78, 5) is 48.5. The first kappa shape index (κ1) is 26.1. The number of piperidine rings is 1. The van der Waals surface area contributed by atoms with Crippen molar-refractivity contribution in [2.75, 3.05) is 19.6 Å². The van der Waals surface area contributed by atoms with Crippen molar-refractivity contribution in [2.45, 2.75) is 58.6 Å². The number of carboxylic acid groups (broad SMARTS) is 1. The van der Waals surface area contributed by atoms with Crippen LogP contribution in [0.3, 0.4) is 0 Å². The van der Waals surface area contributed by atoms with Crippen LogP contribution in [0.4, 0.5) is 9.18 Å². The molecule has 3 rings (SSSR count). The van der Waals surface area contributed by atoms with Gasteiger partial charge >= 0.3 is 12.1 Å². The fraction of sp³-hybridized carbons (Fsp3) is 0.480. The number of amides is 2. The Bertz CT molecular complexity index is 1090. The normalized spacial score (nSPS) is 14.5. The van der Waals surface area contributed by atoms with Crippen LogP contribution in [-0.2, 0) is 16.1 Å². The average Bonchev–Trinajstić information content (AvgIpc) is 2.77. The van der Waals surface area contributed by atoms with E-state index in [9.17, 15) is 23.9 Å². The van der Waals surface area contributed by atoms with Gasteiger partial charge in [-0.25, -0.2) is 19.2 Å². The van der Waals surface area contributed by atoms with Crippen molar-refractivity contribution < 1.29 is 28.6 Å². The molecule has 0 saturated carbocycles. The quantitative estimate of drug-likeness (QED) is 0.661. The molecular weight excluding hydrogens is 455 g/mol. The maximum Gasteiger partial charge on any atom is 0.410 e. The third-order valence-electron chi connectivity index (χ3n) is 5.62. The van der Waals surface area contributed by atoms with Gasteiger partial charge < -0.3 is 19.6 Å². The lowest BCUT2D eigenvalue weighted by Gasteiger charge is -2.33. The summed E-state index contributed by atoms with van der Waals surface area (Å²) in [6, 6.07) is 5.67. The summed E-state index contributed by atoms with van der Waals surface area (Å²) in [5.74, 6) is -1.58. The molecule has 1 saturated heterocycles. The number of halogens is 1. The van der Waals surface area contributed by atoms with Gasteiger partial charge in [0, 0.05) is 31.7 Å². The maximum atomic E-state index is 13.6. The molecule has 1 aromatic heterocycles. The largest absolute Gasteiger partial charge is 0.480 e. The summed E-state index contributed by atoms with van der Waals surface area (Å²) in [5.41, 5.74) is 0.549. The zero-order chi connectivity index (χ0) is 25.8. The van der Waals surface area contributed by atoms with Crippen LogP contribution < -0.4 is 0 Å². The number of aromatic nitrogens is 2. The Labute approximate surface area is 203 Å². The Kier molecular flexibility index (Phi) is 8.03. The number of rotatable bonds is 6. The zero-order valence-corrected chi connectivity index (χ0v) is 20.5. The number of carbonyl (C=O) groups excluding carboxylic acids is 2. The van der Waals surface area contributed by atoms with Crippen molar-refractivity contribution in [3.05, 3.63) is 58.9 Å². The predicted octanol–water partition coefficient (Wildman–Crippen LogP) is 3.77. The molecule has 0 spiro atoms. The zero-order valence-electron chi connectivity index (χ0n) is 20.5. The molecule has 1 aliphatic rings. The van der Waals surface area contributed by atoms with Crippen molar-refractivity contribution in [3.63, 3.8) is 0 Å². The van der Waals surface area contributed by atoms with Crippen molar-refractivity contribution in [3.8, 4) is 0 Å². The maximum absolute atomic E-state index is 13.6. The van der Waals surface area contributed by atoms with Gasteiger partial charge in [-0.05, 0) is 58.2 Å². The van der Waals surface area contributed by atoms with E-state index >= 15 is 0 Å². The Morgan fingerprint density at radius 3 is 2.49 bits per heavy atom. The molecule has 9 nitrogen and oxygen atoms in total. The molecule has 0 atom stereocenters. The Morgan fingerprint density at radius 2 is 1.91 bits per heavy atom. The molecule has 1 aliphatic heterocycles. The number of likely N-dealkylation sites (tertiary alicyclic amines) is 1. The second-order valence-corrected chi connectivity index (χ2v) is 9.65. The second kappa shape index (κ2) is 10.8. The summed E-state index contributed by atoms with van der Waals surface area (Å²) in [6.07, 6.45) is 2.40. The van der Waals surface area contributed by atoms with Gasteiger partial charge in [-0.2, -0.15) is 0 Å². The van der Waals surface area contributed by atoms with Gasteiger partial charge in [0.2, 0.25) is 0 Å². The third kappa shape index (κ3) is 7.21. The van der Waals surface area contributed by atoms with E-state index in [1.165, 1.54) is 24.4 Å². The molecule has 2 amide bonds. The van der Waals surface area contributed by atoms with E-state index in [0.29, 0.717) is 43.0 Å². The van der Waals surface area contributed by atoms with Gasteiger partial charge in [0.1, 0.15) is 23.8 Å². The lowest BCUT2D eigenvalue weighted by Crippen LogP contribution is -2.41. The number of aryl methyl sites for hydroxylation is 1. The van der Waals surface area contributed by atoms with E-state index in [-0.39, 0.29) is 24.1 Å². The van der Waals surface area contributed by atoms with Gasteiger partial charge in [0.05, 0.1) is 11.3 Å². The highest BCUT2D eigenvalue weighted by atomic mass is 19.1. The topological polar surface area (TPSA) is 113 Å². The van der Waals surface area contributed by atoms with Gasteiger partial charge in [0.25, 0.3) is 5.91 Å². The third-order valence-corrected chi connectivity index (χ3v) is 5.62. The summed E-state index contributed by atoms with van der Waals surface area (Å²) < 4.78 is 19.0.